The van der Waals surface area contributed by atoms with Crippen LogP contribution in [0.1, 0.15) is 61.1 Å². The summed E-state index contributed by atoms with van der Waals surface area (Å²) in [5, 5.41) is 11.9. The maximum Gasteiger partial charge on any atom is 0.407 e. The van der Waals surface area contributed by atoms with Crippen molar-refractivity contribution in [2.24, 2.45) is 0 Å². The highest BCUT2D eigenvalue weighted by Crippen LogP contribution is 2.44. The van der Waals surface area contributed by atoms with Gasteiger partial charge in [-0.15, -0.1) is 0 Å². The zero-order valence-corrected chi connectivity index (χ0v) is 22.2. The molecule has 7 nitrogen and oxygen atoms in total. The minimum atomic E-state index is -0.912. The highest BCUT2D eigenvalue weighted by atomic mass is 16.5. The number of nitrogens with zero attached hydrogens (tertiary/aromatic N) is 1. The van der Waals surface area contributed by atoms with E-state index in [9.17, 15) is 14.4 Å². The third-order valence-electron chi connectivity index (χ3n) is 7.09. The molecule has 1 aliphatic rings. The van der Waals surface area contributed by atoms with Crippen molar-refractivity contribution >= 4 is 18.0 Å². The van der Waals surface area contributed by atoms with Gasteiger partial charge in [0.1, 0.15) is 6.61 Å². The van der Waals surface area contributed by atoms with Crippen LogP contribution in [0.25, 0.3) is 11.1 Å². The fourth-order valence-corrected chi connectivity index (χ4v) is 5.08. The average Bonchev–Trinajstić information content (AvgIpc) is 3.27. The van der Waals surface area contributed by atoms with Crippen LogP contribution in [0.3, 0.4) is 0 Å². The van der Waals surface area contributed by atoms with Gasteiger partial charge in [0.2, 0.25) is 5.91 Å². The van der Waals surface area contributed by atoms with E-state index in [4.69, 9.17) is 9.84 Å². The van der Waals surface area contributed by atoms with Crippen molar-refractivity contribution in [3.05, 3.63) is 95.6 Å². The highest BCUT2D eigenvalue weighted by molar-refractivity contribution is 5.79. The van der Waals surface area contributed by atoms with Crippen molar-refractivity contribution in [2.45, 2.75) is 51.0 Å². The summed E-state index contributed by atoms with van der Waals surface area (Å²) in [6.45, 7) is 1.43. The summed E-state index contributed by atoms with van der Waals surface area (Å²) in [6, 6.07) is 26.1. The van der Waals surface area contributed by atoms with Crippen LogP contribution in [0.15, 0.2) is 78.9 Å². The number of unbranched alkanes of at least 4 members (excludes halogenated alkanes) is 3. The molecule has 0 atom stereocenters. The predicted octanol–water partition coefficient (Wildman–Crippen LogP) is 5.98. The molecule has 0 fully saturated rings. The molecule has 0 radical (unpaired) electrons. The minimum absolute atomic E-state index is 0.0307. The number of amides is 2. The Hall–Kier alpha value is -4.13. The van der Waals surface area contributed by atoms with Gasteiger partial charge >= 0.3 is 12.1 Å². The largest absolute Gasteiger partial charge is 0.481 e. The number of aliphatic carboxylic acids is 1. The molecule has 204 valence electrons. The average molecular weight is 529 g/mol. The van der Waals surface area contributed by atoms with Crippen molar-refractivity contribution < 1.29 is 24.2 Å². The Morgan fingerprint density at radius 3 is 2.05 bits per heavy atom. The Morgan fingerprint density at radius 1 is 0.769 bits per heavy atom. The van der Waals surface area contributed by atoms with E-state index >= 15 is 0 Å². The van der Waals surface area contributed by atoms with E-state index in [0.29, 0.717) is 26.1 Å². The number of ether oxygens (including phenoxy) is 1. The molecule has 7 heteroatoms. The summed E-state index contributed by atoms with van der Waals surface area (Å²) in [5.74, 6) is -0.903. The summed E-state index contributed by atoms with van der Waals surface area (Å²) < 4.78 is 5.57. The van der Waals surface area contributed by atoms with Gasteiger partial charge < -0.3 is 20.1 Å². The molecule has 0 heterocycles. The molecule has 0 aromatic heterocycles. The maximum absolute atomic E-state index is 12.7. The Labute approximate surface area is 229 Å². The zero-order chi connectivity index (χ0) is 27.5. The molecule has 39 heavy (non-hydrogen) atoms. The number of carbonyl (C=O) groups excluding carboxylic acids is 2. The Balaban J connectivity index is 1.12. The van der Waals surface area contributed by atoms with E-state index in [0.717, 1.165) is 31.2 Å². The molecule has 2 amide bonds. The topological polar surface area (TPSA) is 95.9 Å². The lowest BCUT2D eigenvalue weighted by Gasteiger charge is -2.22. The van der Waals surface area contributed by atoms with Crippen LogP contribution in [0, 0.1) is 0 Å². The number of benzene rings is 3. The van der Waals surface area contributed by atoms with Crippen molar-refractivity contribution in [1.82, 2.24) is 10.2 Å². The monoisotopic (exact) mass is 528 g/mol. The second kappa shape index (κ2) is 14.1. The van der Waals surface area contributed by atoms with Crippen molar-refractivity contribution in [2.75, 3.05) is 19.7 Å². The number of rotatable bonds is 14. The van der Waals surface area contributed by atoms with Crippen molar-refractivity contribution in [3.8, 4) is 11.1 Å². The second-order valence-corrected chi connectivity index (χ2v) is 9.86. The van der Waals surface area contributed by atoms with Crippen molar-refractivity contribution in [1.29, 1.82) is 0 Å². The first-order chi connectivity index (χ1) is 19.0. The molecule has 3 aromatic carbocycles. The predicted molar refractivity (Wildman–Crippen MR) is 150 cm³/mol. The third kappa shape index (κ3) is 7.93. The van der Waals surface area contributed by atoms with Crippen molar-refractivity contribution in [3.63, 3.8) is 0 Å². The lowest BCUT2D eigenvalue weighted by atomic mass is 9.98. The fraction of sp³-hybridized carbons (Fsp3) is 0.344. The summed E-state index contributed by atoms with van der Waals surface area (Å²) in [4.78, 5) is 37.7. The van der Waals surface area contributed by atoms with Gasteiger partial charge in [-0.2, -0.15) is 0 Å². The van der Waals surface area contributed by atoms with E-state index in [-0.39, 0.29) is 24.8 Å². The second-order valence-electron chi connectivity index (χ2n) is 9.86. The molecule has 0 unspecified atom stereocenters. The summed E-state index contributed by atoms with van der Waals surface area (Å²) >= 11 is 0. The van der Waals surface area contributed by atoms with Gasteiger partial charge in [-0.1, -0.05) is 91.7 Å². The molecule has 3 aromatic rings. The number of fused-ring (bicyclic) bond motifs is 3. The lowest BCUT2D eigenvalue weighted by molar-refractivity contribution is -0.138. The standard InChI is InChI=1S/C32H36N2O5/c35-30(34(21-19-31(36)37)22-24-12-4-3-5-13-24)18-6-1-2-11-20-33-32(38)39-23-29-27-16-9-7-14-25(27)26-15-8-10-17-28(26)29/h3-5,7-10,12-17,29H,1-2,6,11,18-23H2,(H,33,38)(H,36,37). The number of carboxylic acid groups (broad SMARTS) is 1. The van der Waals surface area contributed by atoms with E-state index in [1.165, 1.54) is 22.3 Å². The molecule has 1 aliphatic carbocycles. The van der Waals surface area contributed by atoms with Crippen LogP contribution in [-0.4, -0.2) is 47.7 Å². The Bertz CT molecular complexity index is 1210. The van der Waals surface area contributed by atoms with E-state index < -0.39 is 12.1 Å². The number of hydrogen-bond acceptors (Lipinski definition) is 4. The maximum atomic E-state index is 12.7. The number of alkyl carbamates (subject to hydrolysis) is 1. The van der Waals surface area contributed by atoms with Gasteiger partial charge in [0.05, 0.1) is 6.42 Å². The molecular formula is C32H36N2O5. The molecule has 0 saturated carbocycles. The molecule has 0 bridgehead atoms. The SMILES string of the molecule is O=C(O)CCN(Cc1ccccc1)C(=O)CCCCCCNC(=O)OCC1c2ccccc2-c2ccccc21. The normalized spacial score (nSPS) is 11.9. The Morgan fingerprint density at radius 2 is 1.38 bits per heavy atom. The van der Waals surface area contributed by atoms with Gasteiger partial charge in [0, 0.05) is 32.0 Å². The van der Waals surface area contributed by atoms with Crippen LogP contribution < -0.4 is 5.32 Å². The van der Waals surface area contributed by atoms with Gasteiger partial charge in [-0.05, 0) is 40.7 Å². The number of carboxylic acids is 1. The molecule has 0 saturated heterocycles. The molecule has 4 rings (SSSR count). The van der Waals surface area contributed by atoms with Gasteiger partial charge in [-0.25, -0.2) is 4.79 Å². The van der Waals surface area contributed by atoms with Crippen LogP contribution in [0.5, 0.6) is 0 Å². The lowest BCUT2D eigenvalue weighted by Crippen LogP contribution is -2.32. The fourth-order valence-electron chi connectivity index (χ4n) is 5.08. The number of carbonyl (C=O) groups is 3. The van der Waals surface area contributed by atoms with Gasteiger partial charge in [0.25, 0.3) is 0 Å². The molecule has 0 spiro atoms. The third-order valence-corrected chi connectivity index (χ3v) is 7.09. The van der Waals surface area contributed by atoms with Crippen LogP contribution in [0.4, 0.5) is 4.79 Å². The van der Waals surface area contributed by atoms with Crippen LogP contribution >= 0.6 is 0 Å². The van der Waals surface area contributed by atoms with Gasteiger partial charge in [-0.3, -0.25) is 9.59 Å². The van der Waals surface area contributed by atoms with Crippen LogP contribution in [-0.2, 0) is 20.9 Å². The van der Waals surface area contributed by atoms with Gasteiger partial charge in [0.15, 0.2) is 0 Å². The summed E-state index contributed by atoms with van der Waals surface area (Å²) in [5.41, 5.74) is 5.75. The minimum Gasteiger partial charge on any atom is -0.481 e. The summed E-state index contributed by atoms with van der Waals surface area (Å²) in [7, 11) is 0. The highest BCUT2D eigenvalue weighted by Gasteiger charge is 2.28. The first kappa shape index (κ1) is 27.9. The van der Waals surface area contributed by atoms with Crippen LogP contribution in [0.2, 0.25) is 0 Å². The summed E-state index contributed by atoms with van der Waals surface area (Å²) in [6.07, 6.45) is 3.16. The number of nitrogens with one attached hydrogen (secondary N) is 1. The zero-order valence-electron chi connectivity index (χ0n) is 22.2. The Kier molecular flexibility index (Phi) is 10.1. The molecule has 0 aliphatic heterocycles. The van der Waals surface area contributed by atoms with E-state index in [2.05, 4.69) is 29.6 Å². The first-order valence-corrected chi connectivity index (χ1v) is 13.7. The number of hydrogen-bond donors (Lipinski definition) is 2. The van der Waals surface area contributed by atoms with E-state index in [1.807, 2.05) is 54.6 Å². The quantitative estimate of drug-likeness (QED) is 0.251. The smallest absolute Gasteiger partial charge is 0.407 e. The molecule has 2 N–H and O–H groups in total. The molecular weight excluding hydrogens is 492 g/mol. The van der Waals surface area contributed by atoms with E-state index in [1.54, 1.807) is 4.90 Å². The first-order valence-electron chi connectivity index (χ1n) is 13.7.